The number of rotatable bonds is 7. The monoisotopic (exact) mass is 340 g/mol. The number of ketones is 1. The summed E-state index contributed by atoms with van der Waals surface area (Å²) in [5.74, 6) is -12.3. The van der Waals surface area contributed by atoms with E-state index in [0.717, 1.165) is 19.3 Å². The van der Waals surface area contributed by atoms with Gasteiger partial charge in [-0.3, -0.25) is 4.79 Å². The largest absolute Gasteiger partial charge is 0.289 e. The van der Waals surface area contributed by atoms with Gasteiger partial charge in [0.15, 0.2) is 29.1 Å². The Balaban J connectivity index is 2.99. The van der Waals surface area contributed by atoms with Gasteiger partial charge in [-0.25, -0.2) is 22.0 Å². The molecule has 1 aromatic carbocycles. The van der Waals surface area contributed by atoms with Crippen molar-refractivity contribution in [1.82, 2.24) is 0 Å². The van der Waals surface area contributed by atoms with E-state index < -0.39 is 40.4 Å². The Bertz CT molecular complexity index is 569. The van der Waals surface area contributed by atoms with Crippen LogP contribution in [0.2, 0.25) is 0 Å². The first kappa shape index (κ1) is 18.6. The Morgan fingerprint density at radius 2 is 1.41 bits per heavy atom. The van der Waals surface area contributed by atoms with E-state index in [1.807, 2.05) is 6.92 Å². The van der Waals surface area contributed by atoms with E-state index in [9.17, 15) is 26.7 Å². The smallest absolute Gasteiger partial charge is 0.200 e. The minimum atomic E-state index is -2.30. The Morgan fingerprint density at radius 1 is 0.909 bits per heavy atom. The third-order valence-electron chi connectivity index (χ3n) is 3.01. The molecular formula is C15H14ClF5O. The normalized spacial score (nSPS) is 11.9. The number of hydrogen-bond acceptors (Lipinski definition) is 1. The molecule has 0 aliphatic carbocycles. The second-order valence-electron chi connectivity index (χ2n) is 4.71. The van der Waals surface area contributed by atoms with Crippen LogP contribution < -0.4 is 0 Å². The Kier molecular flexibility index (Phi) is 7.00. The molecule has 1 rings (SSSR count). The third-order valence-corrected chi connectivity index (χ3v) is 3.31. The van der Waals surface area contributed by atoms with E-state index in [4.69, 9.17) is 11.6 Å². The third kappa shape index (κ3) is 4.29. The molecule has 22 heavy (non-hydrogen) atoms. The number of halogens is 6. The molecule has 7 heteroatoms. The molecule has 1 nitrogen and oxygen atoms in total. The van der Waals surface area contributed by atoms with Crippen molar-refractivity contribution in [2.75, 3.05) is 0 Å². The zero-order valence-corrected chi connectivity index (χ0v) is 12.5. The fourth-order valence-corrected chi connectivity index (χ4v) is 2.06. The molecule has 0 fully saturated rings. The van der Waals surface area contributed by atoms with E-state index in [2.05, 4.69) is 0 Å². The van der Waals surface area contributed by atoms with E-state index in [0.29, 0.717) is 18.9 Å². The number of carbonyl (C=O) groups is 1. The Morgan fingerprint density at radius 3 is 1.91 bits per heavy atom. The van der Waals surface area contributed by atoms with E-state index in [-0.39, 0.29) is 5.03 Å². The minimum Gasteiger partial charge on any atom is -0.289 e. The molecule has 0 saturated carbocycles. The van der Waals surface area contributed by atoms with E-state index >= 15 is 0 Å². The maximum atomic E-state index is 13.4. The van der Waals surface area contributed by atoms with Gasteiger partial charge in [0.25, 0.3) is 0 Å². The highest BCUT2D eigenvalue weighted by Gasteiger charge is 2.28. The van der Waals surface area contributed by atoms with Gasteiger partial charge < -0.3 is 0 Å². The molecule has 0 spiro atoms. The van der Waals surface area contributed by atoms with Crippen LogP contribution in [0.3, 0.4) is 0 Å². The van der Waals surface area contributed by atoms with Crippen LogP contribution in [0, 0.1) is 29.1 Å². The Hall–Kier alpha value is -1.43. The number of carbonyl (C=O) groups excluding carboxylic acids is 1. The van der Waals surface area contributed by atoms with Crippen molar-refractivity contribution in [2.45, 2.75) is 39.0 Å². The van der Waals surface area contributed by atoms with Gasteiger partial charge >= 0.3 is 0 Å². The predicted octanol–water partition coefficient (Wildman–Crippen LogP) is 5.66. The highest BCUT2D eigenvalue weighted by Crippen LogP contribution is 2.24. The number of hydrogen-bond donors (Lipinski definition) is 0. The zero-order valence-electron chi connectivity index (χ0n) is 11.8. The van der Waals surface area contributed by atoms with Crippen LogP contribution in [0.5, 0.6) is 0 Å². The first-order valence-electron chi connectivity index (χ1n) is 6.73. The summed E-state index contributed by atoms with van der Waals surface area (Å²) in [4.78, 5) is 11.7. The second-order valence-corrected chi connectivity index (χ2v) is 5.20. The summed E-state index contributed by atoms with van der Waals surface area (Å²) >= 11 is 5.75. The van der Waals surface area contributed by atoms with Gasteiger partial charge in [0.05, 0.1) is 5.56 Å². The molecule has 0 amide bonds. The van der Waals surface area contributed by atoms with Crippen molar-refractivity contribution in [3.8, 4) is 0 Å². The SMILES string of the molecule is CCCCCC/C(Cl)=C/C(=O)c1c(F)c(F)c(F)c(F)c1F. The molecular weight excluding hydrogens is 327 g/mol. The van der Waals surface area contributed by atoms with Gasteiger partial charge in [-0.1, -0.05) is 37.8 Å². The van der Waals surface area contributed by atoms with Gasteiger partial charge in [-0.2, -0.15) is 0 Å². The standard InChI is InChI=1S/C15H14ClF5O/c1-2-3-4-5-6-8(16)7-9(22)10-11(17)13(19)15(21)14(20)12(10)18/h7H,2-6H2,1H3/b8-7-. The first-order chi connectivity index (χ1) is 10.3. The lowest BCUT2D eigenvalue weighted by Gasteiger charge is -2.06. The summed E-state index contributed by atoms with van der Waals surface area (Å²) in [6, 6.07) is 0. The van der Waals surface area contributed by atoms with Crippen LogP contribution in [-0.4, -0.2) is 5.78 Å². The quantitative estimate of drug-likeness (QED) is 0.156. The summed E-state index contributed by atoms with van der Waals surface area (Å²) in [6.07, 6.45) is 4.46. The summed E-state index contributed by atoms with van der Waals surface area (Å²) in [6.45, 7) is 2.00. The second kappa shape index (κ2) is 8.27. The van der Waals surface area contributed by atoms with E-state index in [1.165, 1.54) is 0 Å². The molecule has 1 aromatic rings. The summed E-state index contributed by atoms with van der Waals surface area (Å²) in [7, 11) is 0. The van der Waals surface area contributed by atoms with Crippen LogP contribution in [-0.2, 0) is 0 Å². The molecule has 0 aliphatic rings. The van der Waals surface area contributed by atoms with Crippen LogP contribution in [0.1, 0.15) is 49.4 Å². The van der Waals surface area contributed by atoms with Crippen molar-refractivity contribution < 1.29 is 26.7 Å². The lowest BCUT2D eigenvalue weighted by Crippen LogP contribution is -2.11. The van der Waals surface area contributed by atoms with Gasteiger partial charge in [-0.05, 0) is 12.8 Å². The van der Waals surface area contributed by atoms with Gasteiger partial charge in [0.1, 0.15) is 0 Å². The zero-order chi connectivity index (χ0) is 16.9. The molecule has 0 N–H and O–H groups in total. The number of allylic oxidation sites excluding steroid dienone is 2. The van der Waals surface area contributed by atoms with Gasteiger partial charge in [0.2, 0.25) is 5.82 Å². The fraction of sp³-hybridized carbons (Fsp3) is 0.400. The van der Waals surface area contributed by atoms with Gasteiger partial charge in [0, 0.05) is 11.1 Å². The van der Waals surface area contributed by atoms with Crippen molar-refractivity contribution in [2.24, 2.45) is 0 Å². The predicted molar refractivity (Wildman–Crippen MR) is 73.3 cm³/mol. The van der Waals surface area contributed by atoms with Gasteiger partial charge in [-0.15, -0.1) is 0 Å². The molecule has 0 aromatic heterocycles. The van der Waals surface area contributed by atoms with Crippen LogP contribution >= 0.6 is 11.6 Å². The highest BCUT2D eigenvalue weighted by atomic mass is 35.5. The van der Waals surface area contributed by atoms with Crippen LogP contribution in [0.15, 0.2) is 11.1 Å². The molecule has 0 atom stereocenters. The summed E-state index contributed by atoms with van der Waals surface area (Å²) in [5.41, 5.74) is -1.50. The molecule has 0 saturated heterocycles. The molecule has 0 bridgehead atoms. The van der Waals surface area contributed by atoms with Crippen molar-refractivity contribution in [3.05, 3.63) is 45.8 Å². The molecule has 0 heterocycles. The highest BCUT2D eigenvalue weighted by molar-refractivity contribution is 6.31. The maximum absolute atomic E-state index is 13.4. The number of benzene rings is 1. The molecule has 0 radical (unpaired) electrons. The average molecular weight is 341 g/mol. The fourth-order valence-electron chi connectivity index (χ4n) is 1.83. The van der Waals surface area contributed by atoms with Crippen molar-refractivity contribution >= 4 is 17.4 Å². The van der Waals surface area contributed by atoms with E-state index in [1.54, 1.807) is 0 Å². The Labute approximate surface area is 129 Å². The topological polar surface area (TPSA) is 17.1 Å². The van der Waals surface area contributed by atoms with Crippen LogP contribution in [0.4, 0.5) is 22.0 Å². The first-order valence-corrected chi connectivity index (χ1v) is 7.10. The lowest BCUT2D eigenvalue weighted by molar-refractivity contribution is 0.103. The average Bonchev–Trinajstić information content (AvgIpc) is 2.47. The lowest BCUT2D eigenvalue weighted by atomic mass is 10.1. The van der Waals surface area contributed by atoms with Crippen molar-refractivity contribution in [3.63, 3.8) is 0 Å². The maximum Gasteiger partial charge on any atom is 0.200 e. The summed E-state index contributed by atoms with van der Waals surface area (Å²) in [5, 5.41) is 0.00467. The summed E-state index contributed by atoms with van der Waals surface area (Å²) < 4.78 is 65.8. The van der Waals surface area contributed by atoms with Crippen molar-refractivity contribution in [1.29, 1.82) is 0 Å². The molecule has 0 unspecified atom stereocenters. The minimum absolute atomic E-state index is 0.00467. The molecule has 0 aliphatic heterocycles. The number of unbranched alkanes of at least 4 members (excludes halogenated alkanes) is 3. The van der Waals surface area contributed by atoms with Crippen LogP contribution in [0.25, 0.3) is 0 Å². The molecule has 122 valence electrons.